The average Bonchev–Trinajstić information content (AvgIpc) is 3.03. The SMILES string of the molecule is O=C(Nc1cccnc1)c1ccc2sc3nc4ccccc4nc3c2c1. The number of thiophene rings is 1. The molecule has 1 amide bonds. The van der Waals surface area contributed by atoms with E-state index in [9.17, 15) is 4.79 Å². The number of anilines is 1. The van der Waals surface area contributed by atoms with Gasteiger partial charge in [0.25, 0.3) is 5.91 Å². The van der Waals surface area contributed by atoms with Crippen molar-refractivity contribution in [2.75, 3.05) is 5.32 Å². The maximum Gasteiger partial charge on any atom is 0.255 e. The molecule has 6 heteroatoms. The average molecular weight is 356 g/mol. The Morgan fingerprint density at radius 2 is 1.81 bits per heavy atom. The number of carbonyl (C=O) groups excluding carboxylic acids is 1. The summed E-state index contributed by atoms with van der Waals surface area (Å²) in [4.78, 5) is 26.9. The Balaban J connectivity index is 1.62. The van der Waals surface area contributed by atoms with Crippen LogP contribution in [0.5, 0.6) is 0 Å². The zero-order valence-electron chi connectivity index (χ0n) is 13.5. The van der Waals surface area contributed by atoms with Gasteiger partial charge in [-0.2, -0.15) is 0 Å². The van der Waals surface area contributed by atoms with Crippen molar-refractivity contribution in [3.05, 3.63) is 72.6 Å². The van der Waals surface area contributed by atoms with Crippen molar-refractivity contribution >= 4 is 54.4 Å². The molecule has 0 atom stereocenters. The predicted molar refractivity (Wildman–Crippen MR) is 105 cm³/mol. The van der Waals surface area contributed by atoms with Crippen molar-refractivity contribution in [3.8, 4) is 0 Å². The van der Waals surface area contributed by atoms with Gasteiger partial charge < -0.3 is 5.32 Å². The van der Waals surface area contributed by atoms with Crippen molar-refractivity contribution in [2.45, 2.75) is 0 Å². The van der Waals surface area contributed by atoms with Crippen molar-refractivity contribution in [1.29, 1.82) is 0 Å². The lowest BCUT2D eigenvalue weighted by Gasteiger charge is -2.04. The van der Waals surface area contributed by atoms with Crippen LogP contribution in [-0.2, 0) is 0 Å². The minimum Gasteiger partial charge on any atom is -0.321 e. The van der Waals surface area contributed by atoms with E-state index in [1.54, 1.807) is 35.9 Å². The normalized spacial score (nSPS) is 11.2. The highest BCUT2D eigenvalue weighted by molar-refractivity contribution is 7.25. The molecule has 26 heavy (non-hydrogen) atoms. The fourth-order valence-electron chi connectivity index (χ4n) is 2.92. The van der Waals surface area contributed by atoms with E-state index >= 15 is 0 Å². The van der Waals surface area contributed by atoms with Crippen molar-refractivity contribution in [2.24, 2.45) is 0 Å². The van der Waals surface area contributed by atoms with Gasteiger partial charge in [0.15, 0.2) is 0 Å². The van der Waals surface area contributed by atoms with Crippen LogP contribution in [0.15, 0.2) is 67.0 Å². The summed E-state index contributed by atoms with van der Waals surface area (Å²) in [6.45, 7) is 0. The molecule has 0 unspecified atom stereocenters. The monoisotopic (exact) mass is 356 g/mol. The molecule has 5 nitrogen and oxygen atoms in total. The van der Waals surface area contributed by atoms with Crippen LogP contribution in [0, 0.1) is 0 Å². The molecule has 1 N–H and O–H groups in total. The third-order valence-electron chi connectivity index (χ3n) is 4.16. The predicted octanol–water partition coefficient (Wildman–Crippen LogP) is 4.65. The molecule has 0 fully saturated rings. The Hall–Kier alpha value is -3.38. The van der Waals surface area contributed by atoms with Gasteiger partial charge in [0.1, 0.15) is 10.3 Å². The molecular formula is C20H12N4OS. The van der Waals surface area contributed by atoms with E-state index in [1.807, 2.05) is 42.5 Å². The number of hydrogen-bond acceptors (Lipinski definition) is 5. The molecule has 3 heterocycles. The molecule has 0 saturated carbocycles. The number of pyridine rings is 1. The maximum absolute atomic E-state index is 12.6. The van der Waals surface area contributed by atoms with Crippen LogP contribution in [0.1, 0.15) is 10.4 Å². The lowest BCUT2D eigenvalue weighted by molar-refractivity contribution is 0.102. The van der Waals surface area contributed by atoms with E-state index in [-0.39, 0.29) is 5.91 Å². The second-order valence-corrected chi connectivity index (χ2v) is 6.91. The number of rotatable bonds is 2. The number of para-hydroxylation sites is 2. The Morgan fingerprint density at radius 1 is 0.962 bits per heavy atom. The minimum atomic E-state index is -0.173. The highest BCUT2D eigenvalue weighted by Gasteiger charge is 2.13. The summed E-state index contributed by atoms with van der Waals surface area (Å²) >= 11 is 1.59. The van der Waals surface area contributed by atoms with Gasteiger partial charge >= 0.3 is 0 Å². The Labute approximate surface area is 152 Å². The molecule has 2 aromatic carbocycles. The molecule has 5 aromatic rings. The molecule has 0 saturated heterocycles. The van der Waals surface area contributed by atoms with Gasteiger partial charge in [-0.05, 0) is 42.5 Å². The summed E-state index contributed by atoms with van der Waals surface area (Å²) in [5, 5.41) is 3.81. The minimum absolute atomic E-state index is 0.173. The van der Waals surface area contributed by atoms with E-state index in [0.717, 1.165) is 31.5 Å². The fraction of sp³-hybridized carbons (Fsp3) is 0. The number of carbonyl (C=O) groups is 1. The molecule has 124 valence electrons. The molecule has 0 aliphatic rings. The molecule has 0 aliphatic carbocycles. The maximum atomic E-state index is 12.6. The summed E-state index contributed by atoms with van der Waals surface area (Å²) < 4.78 is 1.06. The van der Waals surface area contributed by atoms with Crippen LogP contribution in [0.25, 0.3) is 31.5 Å². The molecule has 0 spiro atoms. The summed E-state index contributed by atoms with van der Waals surface area (Å²) in [7, 11) is 0. The van der Waals surface area contributed by atoms with Crippen LogP contribution >= 0.6 is 11.3 Å². The number of aromatic nitrogens is 3. The van der Waals surface area contributed by atoms with Gasteiger partial charge in [-0.1, -0.05) is 12.1 Å². The van der Waals surface area contributed by atoms with Gasteiger partial charge in [-0.25, -0.2) is 9.97 Å². The van der Waals surface area contributed by atoms with Crippen LogP contribution in [0.4, 0.5) is 5.69 Å². The smallest absolute Gasteiger partial charge is 0.255 e. The number of nitrogens with one attached hydrogen (secondary N) is 1. The second kappa shape index (κ2) is 5.86. The first-order valence-electron chi connectivity index (χ1n) is 8.08. The zero-order chi connectivity index (χ0) is 17.5. The quantitative estimate of drug-likeness (QED) is 0.500. The Morgan fingerprint density at radius 3 is 2.62 bits per heavy atom. The standard InChI is InChI=1S/C20H12N4OS/c25-19(22-13-4-3-9-21-11-13)12-7-8-17-14(10-12)18-20(26-17)24-16-6-2-1-5-15(16)23-18/h1-11H,(H,22,25). The first kappa shape index (κ1) is 14.9. The molecule has 0 bridgehead atoms. The number of hydrogen-bond donors (Lipinski definition) is 1. The Kier molecular flexibility index (Phi) is 3.36. The summed E-state index contributed by atoms with van der Waals surface area (Å²) in [5.41, 5.74) is 3.81. The topological polar surface area (TPSA) is 67.8 Å². The first-order valence-corrected chi connectivity index (χ1v) is 8.90. The van der Waals surface area contributed by atoms with Crippen LogP contribution < -0.4 is 5.32 Å². The highest BCUT2D eigenvalue weighted by Crippen LogP contribution is 2.33. The van der Waals surface area contributed by atoms with Gasteiger partial charge in [0, 0.05) is 21.8 Å². The third kappa shape index (κ3) is 2.48. The van der Waals surface area contributed by atoms with E-state index < -0.39 is 0 Å². The van der Waals surface area contributed by atoms with E-state index in [1.165, 1.54) is 0 Å². The Bertz CT molecular complexity index is 1280. The lowest BCUT2D eigenvalue weighted by atomic mass is 10.1. The van der Waals surface area contributed by atoms with E-state index in [2.05, 4.69) is 10.3 Å². The van der Waals surface area contributed by atoms with E-state index in [4.69, 9.17) is 9.97 Å². The molecule has 0 radical (unpaired) electrons. The van der Waals surface area contributed by atoms with Crippen LogP contribution in [0.2, 0.25) is 0 Å². The van der Waals surface area contributed by atoms with Gasteiger partial charge in [0.2, 0.25) is 0 Å². The van der Waals surface area contributed by atoms with E-state index in [0.29, 0.717) is 11.3 Å². The van der Waals surface area contributed by atoms with Gasteiger partial charge in [-0.3, -0.25) is 9.78 Å². The van der Waals surface area contributed by atoms with Crippen LogP contribution in [0.3, 0.4) is 0 Å². The zero-order valence-corrected chi connectivity index (χ0v) is 14.3. The molecular weight excluding hydrogens is 344 g/mol. The van der Waals surface area contributed by atoms with Crippen molar-refractivity contribution < 1.29 is 4.79 Å². The number of amides is 1. The summed E-state index contributed by atoms with van der Waals surface area (Å²) in [5.74, 6) is -0.173. The lowest BCUT2D eigenvalue weighted by Crippen LogP contribution is -2.11. The molecule has 3 aromatic heterocycles. The largest absolute Gasteiger partial charge is 0.321 e. The van der Waals surface area contributed by atoms with Gasteiger partial charge in [0.05, 0.1) is 22.9 Å². The number of benzene rings is 2. The number of fused-ring (bicyclic) bond motifs is 4. The number of nitrogens with zero attached hydrogens (tertiary/aromatic N) is 3. The summed E-state index contributed by atoms with van der Waals surface area (Å²) in [6.07, 6.45) is 3.29. The van der Waals surface area contributed by atoms with Crippen molar-refractivity contribution in [1.82, 2.24) is 15.0 Å². The fourth-order valence-corrected chi connectivity index (χ4v) is 3.93. The first-order chi connectivity index (χ1) is 12.8. The highest BCUT2D eigenvalue weighted by atomic mass is 32.1. The third-order valence-corrected chi connectivity index (χ3v) is 5.22. The van der Waals surface area contributed by atoms with Gasteiger partial charge in [-0.15, -0.1) is 11.3 Å². The van der Waals surface area contributed by atoms with Crippen LogP contribution in [-0.4, -0.2) is 20.9 Å². The van der Waals surface area contributed by atoms with Crippen molar-refractivity contribution in [3.63, 3.8) is 0 Å². The molecule has 0 aliphatic heterocycles. The second-order valence-electron chi connectivity index (χ2n) is 5.87. The molecule has 5 rings (SSSR count). The summed E-state index contributed by atoms with van der Waals surface area (Å²) in [6, 6.07) is 17.1.